The Morgan fingerprint density at radius 1 is 1.29 bits per heavy atom. The average molecular weight is 219 g/mol. The number of aliphatic carboxylic acids is 2. The second-order valence-electron chi connectivity index (χ2n) is 1.93. The van der Waals surface area contributed by atoms with Crippen LogP contribution in [0.5, 0.6) is 0 Å². The Bertz CT molecular complexity index is 204. The Kier molecular flexibility index (Phi) is 6.66. The SMILES string of the molecule is N[C@H](CO)C(=O)O.O=C(O)C(F)(F)F. The summed E-state index contributed by atoms with van der Waals surface area (Å²) >= 11 is 0. The smallest absolute Gasteiger partial charge is 0.480 e. The van der Waals surface area contributed by atoms with E-state index in [-0.39, 0.29) is 0 Å². The number of alkyl halides is 3. The molecule has 0 rings (SSSR count). The van der Waals surface area contributed by atoms with Crippen LogP contribution in [0.25, 0.3) is 0 Å². The molecule has 84 valence electrons. The van der Waals surface area contributed by atoms with Crippen molar-refractivity contribution in [2.45, 2.75) is 12.2 Å². The van der Waals surface area contributed by atoms with Crippen molar-refractivity contribution < 1.29 is 38.1 Å². The fourth-order valence-electron chi connectivity index (χ4n) is 0.0781. The van der Waals surface area contributed by atoms with Crippen LogP contribution in [0.4, 0.5) is 13.2 Å². The average Bonchev–Trinajstić information content (AvgIpc) is 2.02. The number of halogens is 3. The summed E-state index contributed by atoms with van der Waals surface area (Å²) in [4.78, 5) is 18.5. The van der Waals surface area contributed by atoms with Crippen LogP contribution in [0.2, 0.25) is 0 Å². The van der Waals surface area contributed by atoms with Gasteiger partial charge < -0.3 is 21.1 Å². The number of hydrogen-bond acceptors (Lipinski definition) is 4. The molecule has 5 N–H and O–H groups in total. The number of carboxylic acids is 2. The van der Waals surface area contributed by atoms with E-state index in [0.29, 0.717) is 0 Å². The van der Waals surface area contributed by atoms with Gasteiger partial charge in [0.15, 0.2) is 0 Å². The molecule has 14 heavy (non-hydrogen) atoms. The van der Waals surface area contributed by atoms with Gasteiger partial charge in [0, 0.05) is 0 Å². The fraction of sp³-hybridized carbons (Fsp3) is 0.600. The first-order chi connectivity index (χ1) is 6.12. The maximum Gasteiger partial charge on any atom is 0.490 e. The number of carbonyl (C=O) groups is 2. The number of nitrogens with two attached hydrogens (primary N) is 1. The summed E-state index contributed by atoms with van der Waals surface area (Å²) in [5.41, 5.74) is 4.77. The van der Waals surface area contributed by atoms with Gasteiger partial charge in [0.05, 0.1) is 6.61 Å². The molecular formula is C5H8F3NO5. The van der Waals surface area contributed by atoms with Crippen molar-refractivity contribution in [1.82, 2.24) is 0 Å². The standard InChI is InChI=1S/C3H7NO3.C2HF3O2/c4-2(1-5)3(6)7;3-2(4,5)1(6)7/h2,5H,1,4H2,(H,6,7);(H,6,7)/t2-;/m1./s1. The maximum absolute atomic E-state index is 10.6. The molecule has 0 fully saturated rings. The van der Waals surface area contributed by atoms with Crippen molar-refractivity contribution in [3.8, 4) is 0 Å². The van der Waals surface area contributed by atoms with Crippen LogP contribution in [0.1, 0.15) is 0 Å². The highest BCUT2D eigenvalue weighted by molar-refractivity contribution is 5.73. The predicted molar refractivity (Wildman–Crippen MR) is 36.4 cm³/mol. The van der Waals surface area contributed by atoms with E-state index < -0.39 is 30.8 Å². The van der Waals surface area contributed by atoms with Crippen LogP contribution in [0.15, 0.2) is 0 Å². The molecule has 0 aliphatic rings. The van der Waals surface area contributed by atoms with Gasteiger partial charge >= 0.3 is 18.1 Å². The van der Waals surface area contributed by atoms with Gasteiger partial charge in [0.1, 0.15) is 6.04 Å². The zero-order valence-electron chi connectivity index (χ0n) is 6.65. The summed E-state index contributed by atoms with van der Waals surface area (Å²) in [5, 5.41) is 23.0. The largest absolute Gasteiger partial charge is 0.490 e. The normalized spacial score (nSPS) is 12.4. The Morgan fingerprint density at radius 2 is 1.57 bits per heavy atom. The number of carboxylic acid groups (broad SMARTS) is 2. The quantitative estimate of drug-likeness (QED) is 0.473. The van der Waals surface area contributed by atoms with E-state index in [2.05, 4.69) is 0 Å². The maximum atomic E-state index is 10.6. The van der Waals surface area contributed by atoms with Gasteiger partial charge in [-0.3, -0.25) is 4.79 Å². The highest BCUT2D eigenvalue weighted by atomic mass is 19.4. The molecule has 0 radical (unpaired) electrons. The van der Waals surface area contributed by atoms with Crippen LogP contribution in [0.3, 0.4) is 0 Å². The minimum atomic E-state index is -5.08. The highest BCUT2D eigenvalue weighted by Gasteiger charge is 2.38. The van der Waals surface area contributed by atoms with Crippen molar-refractivity contribution in [1.29, 1.82) is 0 Å². The van der Waals surface area contributed by atoms with Gasteiger partial charge in [0.25, 0.3) is 0 Å². The number of hydrogen-bond donors (Lipinski definition) is 4. The second kappa shape index (κ2) is 6.16. The zero-order chi connectivity index (χ0) is 11.9. The third-order valence-electron chi connectivity index (χ3n) is 0.756. The number of rotatable bonds is 2. The molecule has 9 heteroatoms. The van der Waals surface area contributed by atoms with Crippen molar-refractivity contribution >= 4 is 11.9 Å². The lowest BCUT2D eigenvalue weighted by Gasteiger charge is -1.96. The van der Waals surface area contributed by atoms with E-state index in [1.165, 1.54) is 0 Å². The second-order valence-corrected chi connectivity index (χ2v) is 1.93. The van der Waals surface area contributed by atoms with Gasteiger partial charge in [0.2, 0.25) is 0 Å². The Labute approximate surface area is 75.7 Å². The number of aliphatic hydroxyl groups excluding tert-OH is 1. The van der Waals surface area contributed by atoms with E-state index in [9.17, 15) is 18.0 Å². The highest BCUT2D eigenvalue weighted by Crippen LogP contribution is 2.13. The predicted octanol–water partition coefficient (Wildman–Crippen LogP) is -0.976. The molecule has 0 aromatic rings. The van der Waals surface area contributed by atoms with Crippen LogP contribution >= 0.6 is 0 Å². The van der Waals surface area contributed by atoms with Crippen molar-refractivity contribution in [3.63, 3.8) is 0 Å². The molecular weight excluding hydrogens is 211 g/mol. The minimum Gasteiger partial charge on any atom is -0.480 e. The molecule has 0 bridgehead atoms. The van der Waals surface area contributed by atoms with Gasteiger partial charge in [-0.25, -0.2) is 4.79 Å². The molecule has 0 unspecified atom stereocenters. The van der Waals surface area contributed by atoms with Crippen LogP contribution in [0, 0.1) is 0 Å². The molecule has 0 spiro atoms. The fourth-order valence-corrected chi connectivity index (χ4v) is 0.0781. The lowest BCUT2D eigenvalue weighted by atomic mass is 10.3. The van der Waals surface area contributed by atoms with E-state index >= 15 is 0 Å². The van der Waals surface area contributed by atoms with Crippen molar-refractivity contribution in [2.24, 2.45) is 5.73 Å². The van der Waals surface area contributed by atoms with Crippen molar-refractivity contribution in [2.75, 3.05) is 6.61 Å². The Morgan fingerprint density at radius 3 is 1.57 bits per heavy atom. The van der Waals surface area contributed by atoms with Crippen LogP contribution in [-0.2, 0) is 9.59 Å². The summed E-state index contributed by atoms with van der Waals surface area (Å²) in [7, 11) is 0. The zero-order valence-corrected chi connectivity index (χ0v) is 6.65. The summed E-state index contributed by atoms with van der Waals surface area (Å²) in [5.74, 6) is -3.94. The molecule has 0 heterocycles. The van der Waals surface area contributed by atoms with Crippen LogP contribution in [-0.4, -0.2) is 46.1 Å². The van der Waals surface area contributed by atoms with E-state index in [4.69, 9.17) is 25.8 Å². The van der Waals surface area contributed by atoms with Crippen molar-refractivity contribution in [3.05, 3.63) is 0 Å². The molecule has 0 saturated heterocycles. The monoisotopic (exact) mass is 219 g/mol. The van der Waals surface area contributed by atoms with Gasteiger partial charge in [-0.2, -0.15) is 13.2 Å². The summed E-state index contributed by atoms with van der Waals surface area (Å²) in [6, 6.07) is -1.13. The first kappa shape index (κ1) is 15.1. The minimum absolute atomic E-state index is 0.505. The Hall–Kier alpha value is -1.35. The third kappa shape index (κ3) is 8.74. The lowest BCUT2D eigenvalue weighted by Crippen LogP contribution is -2.33. The first-order valence-corrected chi connectivity index (χ1v) is 3.02. The van der Waals surface area contributed by atoms with Gasteiger partial charge in [-0.15, -0.1) is 0 Å². The van der Waals surface area contributed by atoms with E-state index in [1.807, 2.05) is 0 Å². The first-order valence-electron chi connectivity index (χ1n) is 3.02. The molecule has 0 aromatic carbocycles. The van der Waals surface area contributed by atoms with Gasteiger partial charge in [-0.1, -0.05) is 0 Å². The lowest BCUT2D eigenvalue weighted by molar-refractivity contribution is -0.192. The molecule has 6 nitrogen and oxygen atoms in total. The molecule has 1 atom stereocenters. The number of aliphatic hydroxyl groups is 1. The molecule has 0 aliphatic heterocycles. The van der Waals surface area contributed by atoms with Gasteiger partial charge in [-0.05, 0) is 0 Å². The van der Waals surface area contributed by atoms with Crippen LogP contribution < -0.4 is 5.73 Å². The third-order valence-corrected chi connectivity index (χ3v) is 0.756. The summed E-state index contributed by atoms with van der Waals surface area (Å²) < 4.78 is 31.7. The molecule has 0 amide bonds. The molecule has 0 aliphatic carbocycles. The van der Waals surface area contributed by atoms with E-state index in [1.54, 1.807) is 0 Å². The molecule has 0 aromatic heterocycles. The summed E-state index contributed by atoms with van der Waals surface area (Å²) in [6.45, 7) is -0.505. The summed E-state index contributed by atoms with van der Waals surface area (Å²) in [6.07, 6.45) is -5.08. The Balaban J connectivity index is 0. The topological polar surface area (TPSA) is 121 Å². The van der Waals surface area contributed by atoms with E-state index in [0.717, 1.165) is 0 Å². The molecule has 0 saturated carbocycles.